The van der Waals surface area contributed by atoms with Crippen molar-refractivity contribution in [3.8, 4) is 0 Å². The number of nitrogens with one attached hydrogen (secondary N) is 1. The van der Waals surface area contributed by atoms with Crippen molar-refractivity contribution in [2.75, 3.05) is 6.54 Å². The molecule has 1 fully saturated rings. The van der Waals surface area contributed by atoms with E-state index in [-0.39, 0.29) is 12.2 Å². The van der Waals surface area contributed by atoms with E-state index in [0.717, 1.165) is 25.2 Å². The van der Waals surface area contributed by atoms with E-state index in [1.165, 1.54) is 0 Å². The number of alkyl carbamates (subject to hydrolysis) is 1. The Bertz CT molecular complexity index is 200. The average Bonchev–Trinajstić information content (AvgIpc) is 2.27. The highest BCUT2D eigenvalue weighted by Crippen LogP contribution is 2.14. The number of amides is 1. The van der Waals surface area contributed by atoms with E-state index in [1.807, 2.05) is 0 Å². The van der Waals surface area contributed by atoms with Crippen LogP contribution in [-0.2, 0) is 4.74 Å². The molecule has 1 amide bonds. The zero-order chi connectivity index (χ0) is 6.97. The van der Waals surface area contributed by atoms with Gasteiger partial charge in [0.25, 0.3) is 0 Å². The summed E-state index contributed by atoms with van der Waals surface area (Å²) in [5.41, 5.74) is 0. The van der Waals surface area contributed by atoms with Crippen molar-refractivity contribution in [2.45, 2.75) is 18.9 Å². The van der Waals surface area contributed by atoms with Gasteiger partial charge in [0.2, 0.25) is 0 Å². The van der Waals surface area contributed by atoms with Crippen molar-refractivity contribution in [3.05, 3.63) is 0 Å². The fourth-order valence-electron chi connectivity index (χ4n) is 1.21. The van der Waals surface area contributed by atoms with Gasteiger partial charge in [-0.3, -0.25) is 10.3 Å². The predicted molar refractivity (Wildman–Crippen MR) is 34.9 cm³/mol. The summed E-state index contributed by atoms with van der Waals surface area (Å²) in [6, 6.07) is 0. The lowest BCUT2D eigenvalue weighted by Crippen LogP contribution is -2.28. The quantitative estimate of drug-likeness (QED) is 0.525. The first kappa shape index (κ1) is 5.70. The molecule has 0 aliphatic carbocycles. The summed E-state index contributed by atoms with van der Waals surface area (Å²) < 4.78 is 4.88. The zero-order valence-corrected chi connectivity index (χ0v) is 5.46. The Morgan fingerprint density at radius 1 is 1.70 bits per heavy atom. The molecule has 2 rings (SSSR count). The Labute approximate surface area is 58.3 Å². The molecule has 4 nitrogen and oxygen atoms in total. The number of carbonyl (C=O) groups is 1. The molecule has 2 aliphatic rings. The first-order chi connectivity index (χ1) is 4.86. The Morgan fingerprint density at radius 3 is 3.40 bits per heavy atom. The van der Waals surface area contributed by atoms with Crippen molar-refractivity contribution in [1.29, 1.82) is 0 Å². The number of fused-ring (bicyclic) bond motifs is 1. The fourth-order valence-corrected chi connectivity index (χ4v) is 1.21. The summed E-state index contributed by atoms with van der Waals surface area (Å²) in [4.78, 5) is 14.7. The van der Waals surface area contributed by atoms with E-state index < -0.39 is 0 Å². The molecule has 0 aromatic heterocycles. The molecule has 1 N–H and O–H groups in total. The smallest absolute Gasteiger partial charge is 0.413 e. The van der Waals surface area contributed by atoms with Crippen LogP contribution in [0, 0.1) is 0 Å². The second kappa shape index (κ2) is 1.97. The Balaban J connectivity index is 2.20. The maximum Gasteiger partial charge on any atom is 0.413 e. The second-order valence-electron chi connectivity index (χ2n) is 2.43. The molecular weight excluding hydrogens is 132 g/mol. The molecule has 0 spiro atoms. The maximum atomic E-state index is 10.6. The van der Waals surface area contributed by atoms with Gasteiger partial charge in [0.15, 0.2) is 6.10 Å². The maximum absolute atomic E-state index is 10.6. The lowest BCUT2D eigenvalue weighted by Gasteiger charge is -2.11. The number of carbonyl (C=O) groups excluding carboxylic acids is 1. The molecule has 0 unspecified atom stereocenters. The van der Waals surface area contributed by atoms with E-state index in [0.29, 0.717) is 0 Å². The van der Waals surface area contributed by atoms with Crippen LogP contribution in [-0.4, -0.2) is 24.6 Å². The third kappa shape index (κ3) is 0.761. The summed E-state index contributed by atoms with van der Waals surface area (Å²) >= 11 is 0. The predicted octanol–water partition coefficient (Wildman–Crippen LogP) is 0.287. The molecule has 54 valence electrons. The van der Waals surface area contributed by atoms with Crippen LogP contribution >= 0.6 is 0 Å². The SMILES string of the molecule is O=C1NC2=NCCC[C@@H]2O1. The topological polar surface area (TPSA) is 50.7 Å². The average molecular weight is 140 g/mol. The molecule has 0 bridgehead atoms. The lowest BCUT2D eigenvalue weighted by atomic mass is 10.1. The first-order valence-corrected chi connectivity index (χ1v) is 3.38. The third-order valence-corrected chi connectivity index (χ3v) is 1.69. The van der Waals surface area contributed by atoms with Gasteiger partial charge in [-0.05, 0) is 12.8 Å². The highest BCUT2D eigenvalue weighted by atomic mass is 16.6. The van der Waals surface area contributed by atoms with Crippen LogP contribution in [0.25, 0.3) is 0 Å². The highest BCUT2D eigenvalue weighted by molar-refractivity contribution is 6.03. The normalized spacial score (nSPS) is 30.2. The van der Waals surface area contributed by atoms with Crippen molar-refractivity contribution >= 4 is 11.9 Å². The number of hydrogen-bond donors (Lipinski definition) is 1. The molecule has 1 atom stereocenters. The number of nitrogens with zero attached hydrogens (tertiary/aromatic N) is 1. The summed E-state index contributed by atoms with van der Waals surface area (Å²) in [5.74, 6) is 0.719. The Kier molecular flexibility index (Phi) is 1.12. The molecule has 10 heavy (non-hydrogen) atoms. The molecule has 2 heterocycles. The van der Waals surface area contributed by atoms with Gasteiger partial charge in [0, 0.05) is 6.54 Å². The van der Waals surface area contributed by atoms with Gasteiger partial charge in [-0.25, -0.2) is 4.79 Å². The number of amidine groups is 1. The van der Waals surface area contributed by atoms with Gasteiger partial charge in [-0.1, -0.05) is 0 Å². The molecular formula is C6H8N2O2. The fraction of sp³-hybridized carbons (Fsp3) is 0.667. The van der Waals surface area contributed by atoms with E-state index in [4.69, 9.17) is 4.74 Å². The minimum absolute atomic E-state index is 0.0683. The first-order valence-electron chi connectivity index (χ1n) is 3.38. The molecule has 0 aromatic carbocycles. The zero-order valence-electron chi connectivity index (χ0n) is 5.46. The van der Waals surface area contributed by atoms with E-state index in [9.17, 15) is 4.79 Å². The van der Waals surface area contributed by atoms with Crippen LogP contribution in [0.4, 0.5) is 4.79 Å². The largest absolute Gasteiger partial charge is 0.438 e. The van der Waals surface area contributed by atoms with Crippen LogP contribution in [0.3, 0.4) is 0 Å². The van der Waals surface area contributed by atoms with Gasteiger partial charge in [-0.15, -0.1) is 0 Å². The highest BCUT2D eigenvalue weighted by Gasteiger charge is 2.31. The summed E-state index contributed by atoms with van der Waals surface area (Å²) in [6.45, 7) is 0.815. The number of ether oxygens (including phenoxy) is 1. The molecule has 2 aliphatic heterocycles. The molecule has 0 saturated carbocycles. The summed E-state index contributed by atoms with van der Waals surface area (Å²) in [7, 11) is 0. The molecule has 0 radical (unpaired) electrons. The third-order valence-electron chi connectivity index (χ3n) is 1.69. The minimum Gasteiger partial charge on any atom is -0.438 e. The van der Waals surface area contributed by atoms with Crippen LogP contribution in [0.5, 0.6) is 0 Å². The summed E-state index contributed by atoms with van der Waals surface area (Å²) in [6.07, 6.45) is 1.51. The van der Waals surface area contributed by atoms with Crippen molar-refractivity contribution in [1.82, 2.24) is 5.32 Å². The van der Waals surface area contributed by atoms with Crippen molar-refractivity contribution in [2.24, 2.45) is 4.99 Å². The van der Waals surface area contributed by atoms with Gasteiger partial charge < -0.3 is 4.74 Å². The monoisotopic (exact) mass is 140 g/mol. The van der Waals surface area contributed by atoms with Crippen molar-refractivity contribution in [3.63, 3.8) is 0 Å². The van der Waals surface area contributed by atoms with Gasteiger partial charge in [0.05, 0.1) is 0 Å². The summed E-state index contributed by atoms with van der Waals surface area (Å²) in [5, 5.41) is 2.54. The van der Waals surface area contributed by atoms with Gasteiger partial charge in [0.1, 0.15) is 5.84 Å². The second-order valence-corrected chi connectivity index (χ2v) is 2.43. The van der Waals surface area contributed by atoms with Crippen LogP contribution < -0.4 is 5.32 Å². The standard InChI is InChI=1S/C6H8N2O2/c9-6-8-5-4(10-6)2-1-3-7-5/h4H,1-3H2,(H,7,8,9)/t4-/m0/s1. The van der Waals surface area contributed by atoms with Crippen molar-refractivity contribution < 1.29 is 9.53 Å². The van der Waals surface area contributed by atoms with Crippen LogP contribution in [0.2, 0.25) is 0 Å². The molecule has 0 aromatic rings. The Morgan fingerprint density at radius 2 is 2.60 bits per heavy atom. The molecule has 1 saturated heterocycles. The van der Waals surface area contributed by atoms with Crippen LogP contribution in [0.1, 0.15) is 12.8 Å². The Hall–Kier alpha value is -1.06. The number of hydrogen-bond acceptors (Lipinski definition) is 3. The minimum atomic E-state index is -0.356. The lowest BCUT2D eigenvalue weighted by molar-refractivity contribution is 0.144. The van der Waals surface area contributed by atoms with Gasteiger partial charge >= 0.3 is 6.09 Å². The number of rotatable bonds is 0. The van der Waals surface area contributed by atoms with Crippen LogP contribution in [0.15, 0.2) is 4.99 Å². The van der Waals surface area contributed by atoms with Gasteiger partial charge in [-0.2, -0.15) is 0 Å². The van der Waals surface area contributed by atoms with E-state index >= 15 is 0 Å². The number of aliphatic imine (C=N–C) groups is 1. The van der Waals surface area contributed by atoms with E-state index in [1.54, 1.807) is 0 Å². The van der Waals surface area contributed by atoms with E-state index in [2.05, 4.69) is 10.3 Å². The molecule has 4 heteroatoms.